The molecule has 0 saturated heterocycles. The van der Waals surface area contributed by atoms with Crippen molar-refractivity contribution in [2.45, 2.75) is 4.90 Å². The van der Waals surface area contributed by atoms with Crippen molar-refractivity contribution in [1.82, 2.24) is 0 Å². The Morgan fingerprint density at radius 2 is 1.62 bits per heavy atom. The Kier molecular flexibility index (Phi) is 4.49. The summed E-state index contributed by atoms with van der Waals surface area (Å²) in [7, 11) is -4.07. The van der Waals surface area contributed by atoms with Crippen LogP contribution in [0.15, 0.2) is 47.4 Å². The summed E-state index contributed by atoms with van der Waals surface area (Å²) >= 11 is 0. The Labute approximate surface area is 115 Å². The maximum absolute atomic E-state index is 11.3. The van der Waals surface area contributed by atoms with Gasteiger partial charge in [0.25, 0.3) is 0 Å². The molecule has 0 saturated carbocycles. The third kappa shape index (κ3) is 2.45. The molecule has 6 heteroatoms. The second kappa shape index (κ2) is 5.27. The monoisotopic (exact) mass is 247 g/mol. The molecule has 0 fully saturated rings. The number of fused-ring (bicyclic) bond motifs is 1. The van der Waals surface area contributed by atoms with Gasteiger partial charge in [-0.15, -0.1) is 4.33 Å². The first-order valence-electron chi connectivity index (χ1n) is 4.21. The summed E-state index contributed by atoms with van der Waals surface area (Å²) in [5.41, 5.74) is 0. The second-order valence-electron chi connectivity index (χ2n) is 3.01. The third-order valence-electron chi connectivity index (χ3n) is 2.12. The van der Waals surface area contributed by atoms with E-state index < -0.39 is 10.1 Å². The SMILES string of the molecule is O=S(=O)(OO)c1cccc2ccccc12.[Na]. The first-order valence-corrected chi connectivity index (χ1v) is 5.62. The van der Waals surface area contributed by atoms with Crippen LogP contribution in [-0.2, 0) is 14.5 Å². The molecule has 4 nitrogen and oxygen atoms in total. The Balaban J connectivity index is 0.00000128. The van der Waals surface area contributed by atoms with Gasteiger partial charge in [-0.05, 0) is 11.5 Å². The van der Waals surface area contributed by atoms with Crippen LogP contribution in [0.2, 0.25) is 0 Å². The average Bonchev–Trinajstić information content (AvgIpc) is 2.28. The third-order valence-corrected chi connectivity index (χ3v) is 3.21. The van der Waals surface area contributed by atoms with E-state index in [4.69, 9.17) is 5.26 Å². The molecule has 2 aromatic rings. The second-order valence-corrected chi connectivity index (χ2v) is 4.50. The molecule has 0 aliphatic rings. The Bertz CT molecular complexity index is 589. The van der Waals surface area contributed by atoms with Crippen LogP contribution in [-0.4, -0.2) is 43.2 Å². The smallest absolute Gasteiger partial charge is 0.235 e. The van der Waals surface area contributed by atoms with Gasteiger partial charge in [0, 0.05) is 34.9 Å². The molecule has 0 aromatic heterocycles. The molecule has 1 radical (unpaired) electrons. The largest absolute Gasteiger partial charge is 0.323 e. The van der Waals surface area contributed by atoms with Crippen LogP contribution >= 0.6 is 0 Å². The summed E-state index contributed by atoms with van der Waals surface area (Å²) in [5, 5.41) is 9.61. The molecule has 79 valence electrons. The summed E-state index contributed by atoms with van der Waals surface area (Å²) < 4.78 is 26.2. The molecule has 0 spiro atoms. The van der Waals surface area contributed by atoms with E-state index in [-0.39, 0.29) is 34.5 Å². The van der Waals surface area contributed by atoms with E-state index in [1.165, 1.54) is 6.07 Å². The van der Waals surface area contributed by atoms with Gasteiger partial charge in [0.2, 0.25) is 0 Å². The molecule has 0 aliphatic heterocycles. The van der Waals surface area contributed by atoms with E-state index in [1.54, 1.807) is 36.4 Å². The van der Waals surface area contributed by atoms with Gasteiger partial charge in [-0.1, -0.05) is 36.4 Å². The quantitative estimate of drug-likeness (QED) is 0.497. The minimum absolute atomic E-state index is 0. The van der Waals surface area contributed by atoms with Crippen molar-refractivity contribution in [3.8, 4) is 0 Å². The molecule has 0 heterocycles. The zero-order valence-corrected chi connectivity index (χ0v) is 11.4. The van der Waals surface area contributed by atoms with Crippen LogP contribution in [0.1, 0.15) is 0 Å². The van der Waals surface area contributed by atoms with E-state index in [1.807, 2.05) is 0 Å². The minimum Gasteiger partial charge on any atom is -0.235 e. The van der Waals surface area contributed by atoms with E-state index >= 15 is 0 Å². The molecule has 16 heavy (non-hydrogen) atoms. The normalized spacial score (nSPS) is 11.1. The molecule has 2 rings (SSSR count). The van der Waals surface area contributed by atoms with Gasteiger partial charge >= 0.3 is 10.1 Å². The topological polar surface area (TPSA) is 63.6 Å². The Morgan fingerprint density at radius 3 is 2.31 bits per heavy atom. The van der Waals surface area contributed by atoms with Crippen LogP contribution in [0.25, 0.3) is 10.8 Å². The fourth-order valence-corrected chi connectivity index (χ4v) is 2.23. The molecule has 0 amide bonds. The minimum atomic E-state index is -4.07. The number of hydrogen-bond donors (Lipinski definition) is 1. The van der Waals surface area contributed by atoms with Crippen molar-refractivity contribution in [3.63, 3.8) is 0 Å². The molecule has 0 unspecified atom stereocenters. The molecule has 0 atom stereocenters. The van der Waals surface area contributed by atoms with Gasteiger partial charge in [0.15, 0.2) is 0 Å². The van der Waals surface area contributed by atoms with Gasteiger partial charge in [0.1, 0.15) is 4.90 Å². The zero-order chi connectivity index (χ0) is 10.9. The first-order chi connectivity index (χ1) is 7.15. The maximum atomic E-state index is 11.3. The van der Waals surface area contributed by atoms with Gasteiger partial charge in [0.05, 0.1) is 0 Å². The molecule has 1 N–H and O–H groups in total. The molecule has 0 bridgehead atoms. The number of rotatable bonds is 2. The van der Waals surface area contributed by atoms with Crippen LogP contribution < -0.4 is 0 Å². The molecular formula is C10H8NaO4S. The fourth-order valence-electron chi connectivity index (χ4n) is 1.45. The Morgan fingerprint density at radius 1 is 1.00 bits per heavy atom. The summed E-state index contributed by atoms with van der Waals surface area (Å²) in [6, 6.07) is 11.7. The van der Waals surface area contributed by atoms with Crippen molar-refractivity contribution in [2.75, 3.05) is 0 Å². The van der Waals surface area contributed by atoms with Crippen molar-refractivity contribution < 1.29 is 18.0 Å². The molecule has 2 aromatic carbocycles. The van der Waals surface area contributed by atoms with E-state index in [0.29, 0.717) is 5.39 Å². The van der Waals surface area contributed by atoms with Crippen LogP contribution in [0.5, 0.6) is 0 Å². The van der Waals surface area contributed by atoms with Crippen molar-refractivity contribution >= 4 is 50.4 Å². The average molecular weight is 247 g/mol. The van der Waals surface area contributed by atoms with E-state index in [0.717, 1.165) is 5.39 Å². The van der Waals surface area contributed by atoms with Gasteiger partial charge in [-0.3, -0.25) is 0 Å². The van der Waals surface area contributed by atoms with Crippen LogP contribution in [0.3, 0.4) is 0 Å². The van der Waals surface area contributed by atoms with Gasteiger partial charge < -0.3 is 0 Å². The van der Waals surface area contributed by atoms with E-state index in [2.05, 4.69) is 4.33 Å². The fraction of sp³-hybridized carbons (Fsp3) is 0. The van der Waals surface area contributed by atoms with Crippen LogP contribution in [0.4, 0.5) is 0 Å². The summed E-state index contributed by atoms with van der Waals surface area (Å²) in [5.74, 6) is 0. The molecular weight excluding hydrogens is 239 g/mol. The summed E-state index contributed by atoms with van der Waals surface area (Å²) in [6.07, 6.45) is 0. The van der Waals surface area contributed by atoms with Crippen molar-refractivity contribution in [1.29, 1.82) is 0 Å². The standard InChI is InChI=1S/C10H8O4S.Na/c11-14-15(12,13)10-7-3-5-8-4-1-2-6-9(8)10;/h1-7,11H;. The van der Waals surface area contributed by atoms with Crippen molar-refractivity contribution in [3.05, 3.63) is 42.5 Å². The van der Waals surface area contributed by atoms with Crippen molar-refractivity contribution in [2.24, 2.45) is 0 Å². The Hall–Kier alpha value is -0.430. The van der Waals surface area contributed by atoms with Gasteiger partial charge in [-0.2, -0.15) is 8.42 Å². The zero-order valence-electron chi connectivity index (χ0n) is 8.62. The maximum Gasteiger partial charge on any atom is 0.323 e. The molecule has 0 aliphatic carbocycles. The number of benzene rings is 2. The van der Waals surface area contributed by atoms with Gasteiger partial charge in [-0.25, -0.2) is 5.26 Å². The van der Waals surface area contributed by atoms with Crippen LogP contribution in [0, 0.1) is 0 Å². The van der Waals surface area contributed by atoms with E-state index in [9.17, 15) is 8.42 Å². The number of hydrogen-bond acceptors (Lipinski definition) is 4. The predicted octanol–water partition coefficient (Wildman–Crippen LogP) is 1.64. The first kappa shape index (κ1) is 13.6. The summed E-state index contributed by atoms with van der Waals surface area (Å²) in [6.45, 7) is 0. The predicted molar refractivity (Wildman–Crippen MR) is 60.6 cm³/mol. The summed E-state index contributed by atoms with van der Waals surface area (Å²) in [4.78, 5) is -0.0388.